The minimum absolute atomic E-state index is 0.0707. The van der Waals surface area contributed by atoms with Gasteiger partial charge >= 0.3 is 12.1 Å². The first kappa shape index (κ1) is 24.4. The molecule has 1 saturated heterocycles. The number of alkyl carbamates (subject to hydrolysis) is 1. The summed E-state index contributed by atoms with van der Waals surface area (Å²) in [6.07, 6.45) is -2.32. The van der Waals surface area contributed by atoms with Gasteiger partial charge in [-0.05, 0) is 43.0 Å². The lowest BCUT2D eigenvalue weighted by Crippen LogP contribution is -2.48. The lowest BCUT2D eigenvalue weighted by molar-refractivity contribution is -0.158. The van der Waals surface area contributed by atoms with E-state index < -0.39 is 41.6 Å². The monoisotopic (exact) mass is 480 g/mol. The van der Waals surface area contributed by atoms with Gasteiger partial charge < -0.3 is 19.5 Å². The summed E-state index contributed by atoms with van der Waals surface area (Å²) in [4.78, 5) is 48.6. The molecule has 4 rings (SSSR count). The van der Waals surface area contributed by atoms with Gasteiger partial charge in [0.15, 0.2) is 12.1 Å². The van der Waals surface area contributed by atoms with Crippen molar-refractivity contribution in [3.63, 3.8) is 0 Å². The van der Waals surface area contributed by atoms with Crippen molar-refractivity contribution in [1.82, 2.24) is 10.6 Å². The highest BCUT2D eigenvalue weighted by Gasteiger charge is 2.37. The number of benzene rings is 2. The van der Waals surface area contributed by atoms with E-state index in [0.717, 1.165) is 22.3 Å². The van der Waals surface area contributed by atoms with E-state index in [1.54, 1.807) is 20.8 Å². The molecule has 2 N–H and O–H groups in total. The van der Waals surface area contributed by atoms with Crippen molar-refractivity contribution in [2.75, 3.05) is 13.2 Å². The molecule has 184 valence electrons. The predicted molar refractivity (Wildman–Crippen MR) is 125 cm³/mol. The quantitative estimate of drug-likeness (QED) is 0.462. The van der Waals surface area contributed by atoms with E-state index in [0.29, 0.717) is 0 Å². The maximum atomic E-state index is 12.7. The standard InChI is InChI=1S/C26H28N2O7/c1-26(2,3)34-14-20(24(31)35-21-12-22(29)28-23(21)30)27-25(32)33-13-19-17-10-6-4-8-15(17)16-9-5-7-11-18(16)19/h4-11,19-21H,12-14H2,1-3H3,(H,27,32)(H,28,29,30)/t20-,21+/m1/s1. The number of imide groups is 1. The number of esters is 1. The maximum Gasteiger partial charge on any atom is 0.407 e. The Morgan fingerprint density at radius 2 is 1.63 bits per heavy atom. The molecular formula is C26H28N2O7. The summed E-state index contributed by atoms with van der Waals surface area (Å²) >= 11 is 0. The van der Waals surface area contributed by atoms with E-state index in [1.165, 1.54) is 0 Å². The Balaban J connectivity index is 1.42. The summed E-state index contributed by atoms with van der Waals surface area (Å²) in [5.41, 5.74) is 3.72. The van der Waals surface area contributed by atoms with Gasteiger partial charge in [-0.25, -0.2) is 9.59 Å². The summed E-state index contributed by atoms with van der Waals surface area (Å²) in [5.74, 6) is -2.25. The van der Waals surface area contributed by atoms with Crippen molar-refractivity contribution in [3.05, 3.63) is 59.7 Å². The number of nitrogens with one attached hydrogen (secondary N) is 2. The van der Waals surface area contributed by atoms with Crippen LogP contribution in [0, 0.1) is 0 Å². The number of hydrogen-bond donors (Lipinski definition) is 2. The van der Waals surface area contributed by atoms with Gasteiger partial charge in [-0.2, -0.15) is 0 Å². The molecule has 0 unspecified atom stereocenters. The van der Waals surface area contributed by atoms with Gasteiger partial charge in [0, 0.05) is 5.92 Å². The molecule has 1 aliphatic heterocycles. The molecular weight excluding hydrogens is 452 g/mol. The van der Waals surface area contributed by atoms with E-state index in [1.807, 2.05) is 48.5 Å². The van der Waals surface area contributed by atoms with Crippen LogP contribution in [-0.2, 0) is 28.6 Å². The van der Waals surface area contributed by atoms with E-state index in [-0.39, 0.29) is 25.6 Å². The van der Waals surface area contributed by atoms with Crippen molar-refractivity contribution in [3.8, 4) is 11.1 Å². The lowest BCUT2D eigenvalue weighted by Gasteiger charge is -2.25. The molecule has 2 atom stereocenters. The average molecular weight is 481 g/mol. The summed E-state index contributed by atoms with van der Waals surface area (Å²) in [5, 5.41) is 4.56. The Kier molecular flexibility index (Phi) is 6.88. The predicted octanol–water partition coefficient (Wildman–Crippen LogP) is 2.67. The number of hydrogen-bond acceptors (Lipinski definition) is 7. The van der Waals surface area contributed by atoms with Crippen molar-refractivity contribution < 1.29 is 33.4 Å². The first-order valence-electron chi connectivity index (χ1n) is 11.4. The molecule has 0 spiro atoms. The van der Waals surface area contributed by atoms with Crippen LogP contribution in [0.1, 0.15) is 44.2 Å². The van der Waals surface area contributed by atoms with Crippen molar-refractivity contribution >= 4 is 23.9 Å². The third kappa shape index (κ3) is 5.68. The van der Waals surface area contributed by atoms with Crippen LogP contribution in [0.2, 0.25) is 0 Å². The first-order valence-corrected chi connectivity index (χ1v) is 11.4. The molecule has 0 aromatic heterocycles. The van der Waals surface area contributed by atoms with Crippen molar-refractivity contribution in [1.29, 1.82) is 0 Å². The molecule has 2 aromatic carbocycles. The second-order valence-corrected chi connectivity index (χ2v) is 9.49. The van der Waals surface area contributed by atoms with Crippen LogP contribution in [0.25, 0.3) is 11.1 Å². The lowest BCUT2D eigenvalue weighted by atomic mass is 9.98. The van der Waals surface area contributed by atoms with Crippen LogP contribution in [0.5, 0.6) is 0 Å². The molecule has 0 bridgehead atoms. The minimum Gasteiger partial charge on any atom is -0.450 e. The zero-order chi connectivity index (χ0) is 25.2. The van der Waals surface area contributed by atoms with Gasteiger partial charge in [0.25, 0.3) is 5.91 Å². The van der Waals surface area contributed by atoms with Gasteiger partial charge in [-0.15, -0.1) is 0 Å². The van der Waals surface area contributed by atoms with Gasteiger partial charge in [-0.1, -0.05) is 48.5 Å². The smallest absolute Gasteiger partial charge is 0.407 e. The second-order valence-electron chi connectivity index (χ2n) is 9.49. The SMILES string of the molecule is CC(C)(C)OC[C@@H](NC(=O)OCC1c2ccccc2-c2ccccc21)C(=O)O[C@H]1CC(=O)NC1=O. The molecule has 35 heavy (non-hydrogen) atoms. The van der Waals surface area contributed by atoms with Gasteiger partial charge in [0.05, 0.1) is 18.6 Å². The second kappa shape index (κ2) is 9.87. The summed E-state index contributed by atoms with van der Waals surface area (Å²) in [6.45, 7) is 5.26. The molecule has 2 aromatic rings. The van der Waals surface area contributed by atoms with Gasteiger partial charge in [0.2, 0.25) is 5.91 Å². The van der Waals surface area contributed by atoms with E-state index in [9.17, 15) is 19.2 Å². The number of carbonyl (C=O) groups excluding carboxylic acids is 4. The van der Waals surface area contributed by atoms with Crippen molar-refractivity contribution in [2.24, 2.45) is 0 Å². The average Bonchev–Trinajstić information content (AvgIpc) is 3.30. The molecule has 3 amide bonds. The zero-order valence-electron chi connectivity index (χ0n) is 19.8. The van der Waals surface area contributed by atoms with Crippen LogP contribution < -0.4 is 10.6 Å². The molecule has 0 saturated carbocycles. The highest BCUT2D eigenvalue weighted by molar-refractivity contribution is 6.05. The van der Waals surface area contributed by atoms with Gasteiger partial charge in [0.1, 0.15) is 6.61 Å². The van der Waals surface area contributed by atoms with Crippen LogP contribution >= 0.6 is 0 Å². The van der Waals surface area contributed by atoms with E-state index in [4.69, 9.17) is 14.2 Å². The minimum atomic E-state index is -1.24. The fourth-order valence-corrected chi connectivity index (χ4v) is 4.13. The molecule has 9 heteroatoms. The molecule has 1 heterocycles. The molecule has 2 aliphatic rings. The topological polar surface area (TPSA) is 120 Å². The van der Waals surface area contributed by atoms with Crippen LogP contribution in [0.15, 0.2) is 48.5 Å². The van der Waals surface area contributed by atoms with Crippen LogP contribution in [0.4, 0.5) is 4.79 Å². The van der Waals surface area contributed by atoms with Crippen molar-refractivity contribution in [2.45, 2.75) is 50.9 Å². The Hall–Kier alpha value is -3.72. The number of carbonyl (C=O) groups is 4. The highest BCUT2D eigenvalue weighted by Crippen LogP contribution is 2.44. The number of amides is 3. The fourth-order valence-electron chi connectivity index (χ4n) is 4.13. The van der Waals surface area contributed by atoms with Gasteiger partial charge in [-0.3, -0.25) is 14.9 Å². The number of ether oxygens (including phenoxy) is 3. The molecule has 1 fully saturated rings. The van der Waals surface area contributed by atoms with Crippen LogP contribution in [0.3, 0.4) is 0 Å². The Labute approximate surface area is 203 Å². The third-order valence-corrected chi connectivity index (χ3v) is 5.79. The molecule has 9 nitrogen and oxygen atoms in total. The summed E-state index contributed by atoms with van der Waals surface area (Å²) < 4.78 is 16.3. The fraction of sp³-hybridized carbons (Fsp3) is 0.385. The highest BCUT2D eigenvalue weighted by atomic mass is 16.6. The van der Waals surface area contributed by atoms with E-state index >= 15 is 0 Å². The Bertz CT molecular complexity index is 1110. The molecule has 1 aliphatic carbocycles. The number of fused-ring (bicyclic) bond motifs is 3. The van der Waals surface area contributed by atoms with E-state index in [2.05, 4.69) is 10.6 Å². The maximum absolute atomic E-state index is 12.7. The normalized spacial score (nSPS) is 17.9. The summed E-state index contributed by atoms with van der Waals surface area (Å²) in [7, 11) is 0. The van der Waals surface area contributed by atoms with Crippen LogP contribution in [-0.4, -0.2) is 54.8 Å². The zero-order valence-corrected chi connectivity index (χ0v) is 19.8. The summed E-state index contributed by atoms with van der Waals surface area (Å²) in [6, 6.07) is 14.7. The third-order valence-electron chi connectivity index (χ3n) is 5.79. The Morgan fingerprint density at radius 1 is 1.03 bits per heavy atom. The Morgan fingerprint density at radius 3 is 2.17 bits per heavy atom. The first-order chi connectivity index (χ1) is 16.6. The number of rotatable bonds is 7. The molecule has 0 radical (unpaired) electrons. The largest absolute Gasteiger partial charge is 0.450 e.